The number of hydrogen-bond acceptors (Lipinski definition) is 3. The van der Waals surface area contributed by atoms with Crippen LogP contribution in [0.2, 0.25) is 0 Å². The van der Waals surface area contributed by atoms with Crippen molar-refractivity contribution in [1.82, 2.24) is 0 Å². The second-order valence-corrected chi connectivity index (χ2v) is 4.56. The van der Waals surface area contributed by atoms with Crippen molar-refractivity contribution in [2.45, 2.75) is 25.0 Å². The molecule has 0 spiro atoms. The van der Waals surface area contributed by atoms with E-state index in [1.54, 1.807) is 6.07 Å². The molecule has 0 N–H and O–H groups in total. The summed E-state index contributed by atoms with van der Waals surface area (Å²) < 4.78 is 29.1. The van der Waals surface area contributed by atoms with Gasteiger partial charge < -0.3 is 13.8 Å². The van der Waals surface area contributed by atoms with Crippen molar-refractivity contribution in [3.63, 3.8) is 0 Å². The predicted molar refractivity (Wildman–Crippen MR) is 79.3 cm³/mol. The monoisotopic (exact) mass is 302 g/mol. The molecule has 3 nitrogen and oxygen atoms in total. The maximum absolute atomic E-state index is 13.0. The molecule has 1 aromatic rings. The minimum absolute atomic E-state index is 0.0639. The van der Waals surface area contributed by atoms with Crippen LogP contribution in [0.4, 0.5) is 4.39 Å². The van der Waals surface area contributed by atoms with Crippen LogP contribution in [0.3, 0.4) is 0 Å². The van der Waals surface area contributed by atoms with Crippen molar-refractivity contribution >= 4 is 18.9 Å². The number of ether oxygens (including phenoxy) is 1. The highest BCUT2D eigenvalue weighted by Crippen LogP contribution is 2.30. The van der Waals surface area contributed by atoms with Crippen LogP contribution >= 0.6 is 18.9 Å². The summed E-state index contributed by atoms with van der Waals surface area (Å²) in [6.07, 6.45) is 9.38. The summed E-state index contributed by atoms with van der Waals surface area (Å²) in [6, 6.07) is 4.59. The first-order valence-electron chi connectivity index (χ1n) is 5.70. The van der Waals surface area contributed by atoms with E-state index < -0.39 is 0 Å². The quantitative estimate of drug-likeness (QED) is 0.632. The lowest BCUT2D eigenvalue weighted by Crippen LogP contribution is -2.37. The van der Waals surface area contributed by atoms with E-state index in [2.05, 4.69) is 31.8 Å². The molecule has 0 aromatic heterocycles. The molecule has 6 heteroatoms. The van der Waals surface area contributed by atoms with Gasteiger partial charge in [0.05, 0.1) is 6.61 Å². The van der Waals surface area contributed by atoms with Gasteiger partial charge in [0.25, 0.3) is 0 Å². The van der Waals surface area contributed by atoms with Crippen LogP contribution in [0.25, 0.3) is 0 Å². The Morgan fingerprint density at radius 2 is 2.16 bits per heavy atom. The van der Waals surface area contributed by atoms with Gasteiger partial charge in [-0.1, -0.05) is 0 Å². The normalized spacial score (nSPS) is 18.5. The highest BCUT2D eigenvalue weighted by atomic mass is 31.0. The number of halogens is 1. The zero-order chi connectivity index (χ0) is 14.3. The SMILES string of the molecule is C#C.Fc1ccc2c(c1)CCC([C@H](COP)OP)O2. The summed E-state index contributed by atoms with van der Waals surface area (Å²) in [7, 11) is 4.43. The predicted octanol–water partition coefficient (Wildman–Crippen LogP) is 2.75. The standard InChI is InChI=1S/C11H15FO3P2.C2H2/c12-8-2-4-9-7(5-8)1-3-10(14-9)11(15-17)6-13-16;1-2/h2,4-5,10-11H,1,3,6,16-17H2;1-2H/t10?,11-;/m0./s1. The Labute approximate surface area is 117 Å². The van der Waals surface area contributed by atoms with Crippen LogP contribution in [0.1, 0.15) is 12.0 Å². The van der Waals surface area contributed by atoms with Gasteiger partial charge in [0.1, 0.15) is 23.8 Å². The fourth-order valence-corrected chi connectivity index (χ4v) is 2.41. The Morgan fingerprint density at radius 3 is 2.79 bits per heavy atom. The molecule has 1 aliphatic heterocycles. The van der Waals surface area contributed by atoms with E-state index in [9.17, 15) is 4.39 Å². The molecule has 0 amide bonds. The summed E-state index contributed by atoms with van der Waals surface area (Å²) in [5.41, 5.74) is 0.913. The number of terminal acetylenes is 1. The Balaban J connectivity index is 0.000000861. The molecule has 3 unspecified atom stereocenters. The summed E-state index contributed by atoms with van der Waals surface area (Å²) in [5.74, 6) is 0.511. The van der Waals surface area contributed by atoms with Crippen LogP contribution < -0.4 is 4.74 Å². The average Bonchev–Trinajstić information content (AvgIpc) is 2.46. The van der Waals surface area contributed by atoms with Crippen molar-refractivity contribution in [1.29, 1.82) is 0 Å². The van der Waals surface area contributed by atoms with Crippen molar-refractivity contribution in [2.75, 3.05) is 6.61 Å². The highest BCUT2D eigenvalue weighted by Gasteiger charge is 2.28. The zero-order valence-electron chi connectivity index (χ0n) is 10.4. The molecule has 0 fully saturated rings. The lowest BCUT2D eigenvalue weighted by Gasteiger charge is -2.30. The van der Waals surface area contributed by atoms with Crippen LogP contribution in [-0.2, 0) is 15.5 Å². The van der Waals surface area contributed by atoms with E-state index in [0.717, 1.165) is 24.2 Å². The number of rotatable bonds is 4. The Kier molecular flexibility index (Phi) is 7.28. The summed E-state index contributed by atoms with van der Waals surface area (Å²) in [6.45, 7) is 0.440. The van der Waals surface area contributed by atoms with Gasteiger partial charge in [-0.15, -0.1) is 12.8 Å². The highest BCUT2D eigenvalue weighted by molar-refractivity contribution is 7.10. The second-order valence-electron chi connectivity index (χ2n) is 3.95. The first-order valence-corrected chi connectivity index (χ1v) is 6.64. The molecule has 0 saturated heterocycles. The third-order valence-corrected chi connectivity index (χ3v) is 3.39. The second kappa shape index (κ2) is 8.46. The molecule has 0 saturated carbocycles. The van der Waals surface area contributed by atoms with E-state index in [1.807, 2.05) is 0 Å². The number of hydrogen-bond donors (Lipinski definition) is 0. The summed E-state index contributed by atoms with van der Waals surface area (Å²) >= 11 is 0. The first-order chi connectivity index (χ1) is 9.24. The first kappa shape index (κ1) is 16.3. The summed E-state index contributed by atoms with van der Waals surface area (Å²) in [5, 5.41) is 0. The largest absolute Gasteiger partial charge is 0.487 e. The fraction of sp³-hybridized carbons (Fsp3) is 0.385. The van der Waals surface area contributed by atoms with E-state index in [0.29, 0.717) is 6.61 Å². The van der Waals surface area contributed by atoms with Gasteiger partial charge in [-0.2, -0.15) is 0 Å². The molecule has 4 atom stereocenters. The van der Waals surface area contributed by atoms with Gasteiger partial charge >= 0.3 is 0 Å². The lowest BCUT2D eigenvalue weighted by atomic mass is 9.99. The van der Waals surface area contributed by atoms with Gasteiger partial charge in [0, 0.05) is 18.9 Å². The lowest BCUT2D eigenvalue weighted by molar-refractivity contribution is 0.0272. The Hall–Kier alpha value is -0.710. The Bertz CT molecular complexity index is 426. The van der Waals surface area contributed by atoms with Gasteiger partial charge in [0.2, 0.25) is 0 Å². The topological polar surface area (TPSA) is 27.7 Å². The van der Waals surface area contributed by atoms with Crippen LogP contribution in [-0.4, -0.2) is 18.8 Å². The third kappa shape index (κ3) is 4.41. The molecule has 19 heavy (non-hydrogen) atoms. The average molecular weight is 302 g/mol. The van der Waals surface area contributed by atoms with Crippen LogP contribution in [0, 0.1) is 18.7 Å². The molecule has 104 valence electrons. The maximum Gasteiger partial charge on any atom is 0.128 e. The molecule has 2 rings (SSSR count). The third-order valence-electron chi connectivity index (χ3n) is 2.85. The van der Waals surface area contributed by atoms with Crippen molar-refractivity contribution in [3.8, 4) is 18.6 Å². The summed E-state index contributed by atoms with van der Waals surface area (Å²) in [4.78, 5) is 0. The molecule has 0 aliphatic carbocycles. The molecule has 0 radical (unpaired) electrons. The van der Waals surface area contributed by atoms with E-state index in [-0.39, 0.29) is 18.0 Å². The zero-order valence-corrected chi connectivity index (χ0v) is 12.7. The molecule has 1 aliphatic rings. The van der Waals surface area contributed by atoms with Gasteiger partial charge in [0.15, 0.2) is 0 Å². The minimum Gasteiger partial charge on any atom is -0.487 e. The van der Waals surface area contributed by atoms with E-state index >= 15 is 0 Å². The molecular weight excluding hydrogens is 285 g/mol. The number of aryl methyl sites for hydroxylation is 1. The van der Waals surface area contributed by atoms with Crippen molar-refractivity contribution in [3.05, 3.63) is 29.6 Å². The van der Waals surface area contributed by atoms with Crippen LogP contribution in [0.15, 0.2) is 18.2 Å². The van der Waals surface area contributed by atoms with Gasteiger partial charge in [-0.25, -0.2) is 4.39 Å². The van der Waals surface area contributed by atoms with E-state index in [1.165, 1.54) is 12.1 Å². The molecule has 0 bridgehead atoms. The van der Waals surface area contributed by atoms with E-state index in [4.69, 9.17) is 13.8 Å². The number of fused-ring (bicyclic) bond motifs is 1. The minimum atomic E-state index is -0.224. The van der Waals surface area contributed by atoms with Crippen molar-refractivity contribution in [2.24, 2.45) is 0 Å². The van der Waals surface area contributed by atoms with Gasteiger partial charge in [-0.05, 0) is 36.6 Å². The fourth-order valence-electron chi connectivity index (χ4n) is 1.97. The van der Waals surface area contributed by atoms with Gasteiger partial charge in [-0.3, -0.25) is 0 Å². The molecular formula is C13H17FO3P2. The molecule has 1 heterocycles. The van der Waals surface area contributed by atoms with Crippen LogP contribution in [0.5, 0.6) is 5.75 Å². The number of benzene rings is 1. The maximum atomic E-state index is 13.0. The van der Waals surface area contributed by atoms with Crippen molar-refractivity contribution < 1.29 is 18.2 Å². The molecule has 1 aromatic carbocycles. The smallest absolute Gasteiger partial charge is 0.128 e. The Morgan fingerprint density at radius 1 is 1.42 bits per heavy atom.